The van der Waals surface area contributed by atoms with E-state index in [9.17, 15) is 0 Å². The van der Waals surface area contributed by atoms with Crippen LogP contribution in [0.15, 0.2) is 461 Å². The Labute approximate surface area is 726 Å². The van der Waals surface area contributed by atoms with E-state index in [1.807, 2.05) is 0 Å². The maximum Gasteiger partial charge on any atom is 0.0540 e. The van der Waals surface area contributed by atoms with Gasteiger partial charge >= 0.3 is 0 Å². The highest BCUT2D eigenvalue weighted by Crippen LogP contribution is 2.56. The molecule has 2 nitrogen and oxygen atoms in total. The van der Waals surface area contributed by atoms with Gasteiger partial charge in [0.15, 0.2) is 0 Å². The third kappa shape index (κ3) is 13.5. The van der Waals surface area contributed by atoms with Crippen LogP contribution in [0.3, 0.4) is 0 Å². The van der Waals surface area contributed by atoms with Gasteiger partial charge in [0.2, 0.25) is 0 Å². The predicted octanol–water partition coefficient (Wildman–Crippen LogP) is 33.9. The van der Waals surface area contributed by atoms with Crippen LogP contribution in [-0.4, -0.2) is 0 Å². The number of nitrogens with zero attached hydrogens (tertiary/aromatic N) is 2. The average molecular weight is 1580 g/mol. The van der Waals surface area contributed by atoms with Crippen molar-refractivity contribution in [2.45, 2.75) is 38.5 Å². The lowest BCUT2D eigenvalue weighted by Crippen LogP contribution is -2.17. The van der Waals surface area contributed by atoms with Gasteiger partial charge in [-0.05, 0) is 274 Å². The summed E-state index contributed by atoms with van der Waals surface area (Å²) in [5.74, 6) is 0. The van der Waals surface area contributed by atoms with Crippen LogP contribution in [0.1, 0.15) is 49.9 Å². The molecule has 0 bridgehead atoms. The number of para-hydroxylation sites is 1. The van der Waals surface area contributed by atoms with E-state index in [1.165, 1.54) is 138 Å². The summed E-state index contributed by atoms with van der Waals surface area (Å²) in [6.45, 7) is 9.62. The number of benzene rings is 20. The molecule has 0 saturated heterocycles. The van der Waals surface area contributed by atoms with Crippen molar-refractivity contribution in [1.82, 2.24) is 0 Å². The van der Waals surface area contributed by atoms with Crippen molar-refractivity contribution in [2.75, 3.05) is 9.80 Å². The molecule has 0 unspecified atom stereocenters. The molecule has 0 heterocycles. The second-order valence-electron chi connectivity index (χ2n) is 34.3. The lowest BCUT2D eigenvalue weighted by atomic mass is 9.81. The Kier molecular flexibility index (Phi) is 18.7. The minimum absolute atomic E-state index is 0.295. The van der Waals surface area contributed by atoms with E-state index in [0.29, 0.717) is 0 Å². The molecule has 2 heteroatoms. The Morgan fingerprint density at radius 3 is 0.911 bits per heavy atom. The number of anilines is 6. The summed E-state index contributed by atoms with van der Waals surface area (Å²) in [4.78, 5) is 5.00. The molecule has 0 atom stereocenters. The molecule has 22 rings (SSSR count). The van der Waals surface area contributed by atoms with E-state index in [-0.39, 0.29) is 10.8 Å². The van der Waals surface area contributed by atoms with Crippen molar-refractivity contribution in [3.63, 3.8) is 0 Å². The largest absolute Gasteiger partial charge is 0.310 e. The summed E-state index contributed by atoms with van der Waals surface area (Å²) < 4.78 is 0. The first-order chi connectivity index (χ1) is 60.9. The molecule has 124 heavy (non-hydrogen) atoms. The molecular formula is C122H88N2. The standard InChI is InChI=1S/C122H88N2/c1-121(2)115-77-96(88-49-45-86(46-50-88)81-25-9-5-10-26-81)59-68-110(115)112-70-66-103(79-117(112)121)123(119-44-20-19-39-107(119)98-37-21-35-93(74-98)83-29-13-7-14-30-83)102-64-57-91(58-65-102)105-40-23-43-109-106(41-24-42-108(105)109)100-61-72-120(114(76-100)99-38-22-36-94(75-99)84-31-15-8-16-32-84)124(101-62-55-90(56-63-101)95-54-53-85-33-17-18-34-92(85)73-95)104-67-71-113-111-69-60-97(78-116(111)122(3,4)118(113)80-104)89-51-47-87(48-52-89)82-27-11-6-12-28-82/h5-80H,1-4H3. The maximum absolute atomic E-state index is 2.51. The smallest absolute Gasteiger partial charge is 0.0540 e. The zero-order chi connectivity index (χ0) is 83.0. The fourth-order valence-corrected chi connectivity index (χ4v) is 19.7. The van der Waals surface area contributed by atoms with Crippen molar-refractivity contribution in [1.29, 1.82) is 0 Å². The van der Waals surface area contributed by atoms with E-state index in [0.717, 1.165) is 84.2 Å². The monoisotopic (exact) mass is 1580 g/mol. The summed E-state index contributed by atoms with van der Waals surface area (Å²) >= 11 is 0. The van der Waals surface area contributed by atoms with Crippen molar-refractivity contribution < 1.29 is 0 Å². The number of rotatable bonds is 17. The van der Waals surface area contributed by atoms with Gasteiger partial charge in [-0.3, -0.25) is 0 Å². The van der Waals surface area contributed by atoms with Gasteiger partial charge in [-0.1, -0.05) is 392 Å². The molecule has 0 aromatic heterocycles. The molecule has 2 aliphatic carbocycles. The van der Waals surface area contributed by atoms with Gasteiger partial charge in [-0.15, -0.1) is 0 Å². The number of hydrogen-bond acceptors (Lipinski definition) is 2. The topological polar surface area (TPSA) is 6.48 Å². The van der Waals surface area contributed by atoms with Crippen molar-refractivity contribution in [3.05, 3.63) is 483 Å². The molecule has 0 fully saturated rings. The van der Waals surface area contributed by atoms with Crippen LogP contribution in [0, 0.1) is 0 Å². The first-order valence-electron chi connectivity index (χ1n) is 43.2. The molecule has 0 amide bonds. The number of fused-ring (bicyclic) bond motifs is 8. The quantitative estimate of drug-likeness (QED) is 0.0896. The minimum Gasteiger partial charge on any atom is -0.310 e. The Bertz CT molecular complexity index is 7470. The van der Waals surface area contributed by atoms with Crippen LogP contribution in [0.2, 0.25) is 0 Å². The molecule has 0 saturated carbocycles. The molecule has 2 aliphatic rings. The second kappa shape index (κ2) is 31.0. The van der Waals surface area contributed by atoms with Gasteiger partial charge in [0.25, 0.3) is 0 Å². The molecule has 20 aromatic rings. The summed E-state index contributed by atoms with van der Waals surface area (Å²) in [7, 11) is 0. The number of hydrogen-bond donors (Lipinski definition) is 0. The van der Waals surface area contributed by atoms with Crippen LogP contribution in [0.5, 0.6) is 0 Å². The highest BCUT2D eigenvalue weighted by Gasteiger charge is 2.39. The van der Waals surface area contributed by atoms with Crippen LogP contribution < -0.4 is 9.80 Å². The fourth-order valence-electron chi connectivity index (χ4n) is 19.7. The first kappa shape index (κ1) is 74.8. The lowest BCUT2D eigenvalue weighted by molar-refractivity contribution is 0.660. The van der Waals surface area contributed by atoms with Crippen molar-refractivity contribution in [3.8, 4) is 145 Å². The molecule has 0 N–H and O–H groups in total. The maximum atomic E-state index is 2.51. The van der Waals surface area contributed by atoms with Crippen LogP contribution in [0.4, 0.5) is 34.1 Å². The summed E-state index contributed by atoms with van der Waals surface area (Å²) in [6, 6.07) is 172. The highest BCUT2D eigenvalue weighted by molar-refractivity contribution is 6.06. The van der Waals surface area contributed by atoms with E-state index < -0.39 is 0 Å². The van der Waals surface area contributed by atoms with Gasteiger partial charge in [-0.25, -0.2) is 0 Å². The van der Waals surface area contributed by atoms with Gasteiger partial charge in [0.05, 0.1) is 11.4 Å². The van der Waals surface area contributed by atoms with Crippen LogP contribution in [-0.2, 0) is 10.8 Å². The van der Waals surface area contributed by atoms with Crippen LogP contribution in [0.25, 0.3) is 166 Å². The zero-order valence-corrected chi connectivity index (χ0v) is 69.8. The molecule has 20 aromatic carbocycles. The summed E-state index contributed by atoms with van der Waals surface area (Å²) in [5.41, 5.74) is 42.1. The second-order valence-corrected chi connectivity index (χ2v) is 34.3. The molecule has 0 spiro atoms. The van der Waals surface area contributed by atoms with E-state index >= 15 is 0 Å². The zero-order valence-electron chi connectivity index (χ0n) is 69.8. The van der Waals surface area contributed by atoms with E-state index in [4.69, 9.17) is 0 Å². The normalized spacial score (nSPS) is 12.6. The summed E-state index contributed by atoms with van der Waals surface area (Å²) in [5, 5.41) is 4.81. The third-order valence-corrected chi connectivity index (χ3v) is 26.3. The summed E-state index contributed by atoms with van der Waals surface area (Å²) in [6.07, 6.45) is 0. The predicted molar refractivity (Wildman–Crippen MR) is 526 cm³/mol. The molecule has 0 radical (unpaired) electrons. The van der Waals surface area contributed by atoms with Crippen LogP contribution >= 0.6 is 0 Å². The Hall–Kier alpha value is -15.5. The van der Waals surface area contributed by atoms with Gasteiger partial charge in [-0.2, -0.15) is 0 Å². The first-order valence-corrected chi connectivity index (χ1v) is 43.2. The van der Waals surface area contributed by atoms with Crippen molar-refractivity contribution >= 4 is 55.7 Å². The fraction of sp³-hybridized carbons (Fsp3) is 0.0492. The van der Waals surface area contributed by atoms with E-state index in [1.54, 1.807) is 0 Å². The minimum atomic E-state index is -0.319. The molecular weight excluding hydrogens is 1490 g/mol. The molecule has 0 aliphatic heterocycles. The Balaban J connectivity index is 0.650. The van der Waals surface area contributed by atoms with Crippen molar-refractivity contribution in [2.24, 2.45) is 0 Å². The van der Waals surface area contributed by atoms with Gasteiger partial charge in [0, 0.05) is 44.7 Å². The Morgan fingerprint density at radius 2 is 0.427 bits per heavy atom. The third-order valence-electron chi connectivity index (χ3n) is 26.3. The highest BCUT2D eigenvalue weighted by atomic mass is 15.2. The SMILES string of the molecule is CC1(C)c2cc(-c3ccc(-c4ccccc4)cc3)ccc2-c2ccc(N(c3ccc(-c4cccc5c(-c6ccc(N(c7ccc(-c8ccc9ccccc9c8)cc7)c7ccc8c(c7)C(C)(C)c7cc(-c9ccc(-c%10ccccc%10)cc9)ccc7-8)c(-c7cccc(-c8ccccc8)c7)c6)cccc45)cc3)c3ccccc3-c3cccc(-c4ccccc4)c3)cc21. The van der Waals surface area contributed by atoms with E-state index in [2.05, 4.69) is 499 Å². The Morgan fingerprint density at radius 1 is 0.145 bits per heavy atom. The lowest BCUT2D eigenvalue weighted by Gasteiger charge is -2.30. The van der Waals surface area contributed by atoms with Gasteiger partial charge in [0.1, 0.15) is 0 Å². The average Bonchev–Trinajstić information content (AvgIpc) is 1.57. The molecule has 586 valence electrons. The van der Waals surface area contributed by atoms with Gasteiger partial charge < -0.3 is 9.80 Å².